The van der Waals surface area contributed by atoms with Crippen LogP contribution in [-0.2, 0) is 0 Å². The molecule has 2 fully saturated rings. The van der Waals surface area contributed by atoms with Crippen molar-refractivity contribution in [3.05, 3.63) is 64.4 Å². The molecule has 2 aliphatic heterocycles. The Labute approximate surface area is 273 Å². The molecule has 16 N–H and O–H groups in total. The SMILES string of the molecule is Cl.N.N.N.N.O=C(Nc1ccc(Nc2nc(N3CCCCC3)nc(N3CCCCC3)n2)cc1O)c1c[nH]c2ccccc2c1=O.[HH].[HH].[HH].[HH]. The molecule has 1 amide bonds. The van der Waals surface area contributed by atoms with E-state index < -0.39 is 5.91 Å². The summed E-state index contributed by atoms with van der Waals surface area (Å²) in [4.78, 5) is 47.3. The fraction of sp³-hybridized carbons (Fsp3) is 0.345. The number of amides is 1. The minimum atomic E-state index is -0.613. The van der Waals surface area contributed by atoms with Crippen LogP contribution >= 0.6 is 12.4 Å². The molecule has 15 nitrogen and oxygen atoms in total. The number of nitrogens with zero attached hydrogens (tertiary/aromatic N) is 5. The Morgan fingerprint density at radius 3 is 1.98 bits per heavy atom. The Balaban J connectivity index is -0.00000112. The zero-order valence-electron chi connectivity index (χ0n) is 25.4. The lowest BCUT2D eigenvalue weighted by atomic mass is 10.1. The van der Waals surface area contributed by atoms with Crippen LogP contribution in [0, 0.1) is 0 Å². The number of aromatic nitrogens is 4. The van der Waals surface area contributed by atoms with Crippen molar-refractivity contribution in [3.63, 3.8) is 0 Å². The molecule has 4 heterocycles. The molecular weight excluding hydrogens is 600 g/mol. The van der Waals surface area contributed by atoms with Gasteiger partial charge in [0.15, 0.2) is 0 Å². The number of carbonyl (C=O) groups excluding carboxylic acids is 1. The molecule has 0 unspecified atom stereocenters. The quantitative estimate of drug-likeness (QED) is 0.104. The van der Waals surface area contributed by atoms with Gasteiger partial charge in [-0.2, -0.15) is 15.0 Å². The summed E-state index contributed by atoms with van der Waals surface area (Å²) in [5.41, 5.74) is 0.961. The molecule has 2 aromatic heterocycles. The molecule has 2 aromatic carbocycles. The summed E-state index contributed by atoms with van der Waals surface area (Å²) < 4.78 is 0. The van der Waals surface area contributed by atoms with Gasteiger partial charge < -0.3 is 55.1 Å². The summed E-state index contributed by atoms with van der Waals surface area (Å²) >= 11 is 0. The van der Waals surface area contributed by atoms with E-state index in [2.05, 4.69) is 25.4 Å². The van der Waals surface area contributed by atoms with Gasteiger partial charge in [-0.3, -0.25) is 9.59 Å². The predicted octanol–water partition coefficient (Wildman–Crippen LogP) is 6.45. The number of anilines is 5. The lowest BCUT2D eigenvalue weighted by molar-refractivity contribution is 0.102. The number of piperidine rings is 2. The Hall–Kier alpha value is -4.54. The largest absolute Gasteiger partial charge is 0.506 e. The van der Waals surface area contributed by atoms with Gasteiger partial charge in [0.2, 0.25) is 23.3 Å². The zero-order chi connectivity index (χ0) is 27.5. The number of para-hydroxylation sites is 1. The van der Waals surface area contributed by atoms with E-state index >= 15 is 0 Å². The number of pyridine rings is 1. The van der Waals surface area contributed by atoms with Gasteiger partial charge in [-0.05, 0) is 62.8 Å². The highest BCUT2D eigenvalue weighted by Crippen LogP contribution is 2.30. The van der Waals surface area contributed by atoms with Gasteiger partial charge in [-0.25, -0.2) is 0 Å². The van der Waals surface area contributed by atoms with Crippen molar-refractivity contribution in [2.45, 2.75) is 38.5 Å². The van der Waals surface area contributed by atoms with Gasteiger partial charge >= 0.3 is 0 Å². The molecule has 2 saturated heterocycles. The number of phenols is 1. The number of benzene rings is 2. The third-order valence-corrected chi connectivity index (χ3v) is 7.42. The fourth-order valence-corrected chi connectivity index (χ4v) is 5.25. The maximum atomic E-state index is 12.9. The summed E-state index contributed by atoms with van der Waals surface area (Å²) in [7, 11) is 0. The number of halogens is 1. The van der Waals surface area contributed by atoms with Crippen LogP contribution in [0.25, 0.3) is 10.9 Å². The number of H-pyrrole nitrogens is 1. The molecule has 0 bridgehead atoms. The highest BCUT2D eigenvalue weighted by Gasteiger charge is 2.21. The number of hydrogen-bond donors (Lipinski definition) is 8. The highest BCUT2D eigenvalue weighted by molar-refractivity contribution is 6.06. The molecule has 45 heavy (non-hydrogen) atoms. The van der Waals surface area contributed by atoms with Crippen molar-refractivity contribution >= 4 is 58.4 Å². The maximum absolute atomic E-state index is 12.9. The van der Waals surface area contributed by atoms with Crippen molar-refractivity contribution < 1.29 is 15.6 Å². The van der Waals surface area contributed by atoms with Gasteiger partial charge in [0.05, 0.1) is 5.69 Å². The van der Waals surface area contributed by atoms with E-state index in [0.717, 1.165) is 51.9 Å². The Morgan fingerprint density at radius 2 is 1.40 bits per heavy atom. The van der Waals surface area contributed by atoms with E-state index in [1.807, 2.05) is 6.07 Å². The van der Waals surface area contributed by atoms with Crippen molar-refractivity contribution in [1.29, 1.82) is 0 Å². The predicted molar refractivity (Wildman–Crippen MR) is 192 cm³/mol. The minimum Gasteiger partial charge on any atom is -0.506 e. The molecule has 6 rings (SSSR count). The molecule has 0 spiro atoms. The first-order valence-electron chi connectivity index (χ1n) is 13.8. The van der Waals surface area contributed by atoms with Crippen LogP contribution in [0.2, 0.25) is 0 Å². The van der Waals surface area contributed by atoms with E-state index in [0.29, 0.717) is 34.4 Å². The third-order valence-electron chi connectivity index (χ3n) is 7.42. The topological polar surface area (TPSA) is 279 Å². The zero-order valence-corrected chi connectivity index (χ0v) is 26.2. The summed E-state index contributed by atoms with van der Waals surface area (Å²) in [6, 6.07) is 11.8. The van der Waals surface area contributed by atoms with Crippen LogP contribution < -0.4 is 50.5 Å². The van der Waals surface area contributed by atoms with Crippen LogP contribution in [0.1, 0.15) is 54.6 Å². The van der Waals surface area contributed by atoms with E-state index in [1.165, 1.54) is 25.1 Å². The molecule has 0 saturated carbocycles. The number of rotatable bonds is 6. The van der Waals surface area contributed by atoms with Crippen LogP contribution in [0.15, 0.2) is 53.5 Å². The first-order chi connectivity index (χ1) is 19.5. The van der Waals surface area contributed by atoms with E-state index in [9.17, 15) is 14.7 Å². The smallest absolute Gasteiger partial charge is 0.261 e. The van der Waals surface area contributed by atoms with Gasteiger partial charge in [0.1, 0.15) is 11.3 Å². The molecule has 0 radical (unpaired) electrons. The van der Waals surface area contributed by atoms with E-state index in [4.69, 9.17) is 15.0 Å². The number of aromatic amines is 1. The number of fused-ring (bicyclic) bond motifs is 1. The van der Waals surface area contributed by atoms with Crippen molar-refractivity contribution in [3.8, 4) is 5.75 Å². The Kier molecular flexibility index (Phi) is 14.6. The molecule has 0 aliphatic carbocycles. The molecule has 0 atom stereocenters. The van der Waals surface area contributed by atoms with Gasteiger partial charge in [-0.15, -0.1) is 12.4 Å². The molecule has 4 aromatic rings. The van der Waals surface area contributed by atoms with E-state index in [-0.39, 0.29) is 65.1 Å². The number of phenolic OH excluding ortho intramolecular Hbond substituents is 1. The summed E-state index contributed by atoms with van der Waals surface area (Å²) in [6.07, 6.45) is 8.25. The second-order valence-electron chi connectivity index (χ2n) is 10.2. The lowest BCUT2D eigenvalue weighted by Crippen LogP contribution is -2.34. The third kappa shape index (κ3) is 8.55. The average Bonchev–Trinajstić information content (AvgIpc) is 2.99. The molecule has 254 valence electrons. The lowest BCUT2D eigenvalue weighted by Gasteiger charge is -2.30. The van der Waals surface area contributed by atoms with Crippen molar-refractivity contribution in [2.24, 2.45) is 0 Å². The Morgan fingerprint density at radius 1 is 0.822 bits per heavy atom. The second-order valence-corrected chi connectivity index (χ2v) is 10.2. The average molecular weight is 653 g/mol. The molecular formula is C29H53ClN12O3. The van der Waals surface area contributed by atoms with Crippen LogP contribution in [0.4, 0.5) is 29.2 Å². The van der Waals surface area contributed by atoms with Crippen molar-refractivity contribution in [2.75, 3.05) is 46.6 Å². The number of carbonyl (C=O) groups is 1. The highest BCUT2D eigenvalue weighted by atomic mass is 35.5. The first-order valence-corrected chi connectivity index (χ1v) is 13.8. The number of aromatic hydroxyl groups is 1. The van der Waals surface area contributed by atoms with Gasteiger partial charge in [-0.1, -0.05) is 12.1 Å². The standard InChI is InChI=1S/C29H32N8O3.ClH.4H3N.4H2/c38-24-17-19(11-12-23(24)32-26(40)21-18-30-22-10-4-3-9-20(22)25(21)39)31-27-33-28(36-13-5-1-6-14-36)35-29(34-27)37-15-7-2-8-16-37;;;;;;;;;/h3-4,9-12,17-18,38H,1-2,5-8,13-16H2,(H,30,39)(H,32,40)(H,31,33,34,35);1H;4*1H3;4*1H. The summed E-state index contributed by atoms with van der Waals surface area (Å²) in [6.45, 7) is 3.66. The monoisotopic (exact) mass is 652 g/mol. The van der Waals surface area contributed by atoms with Crippen LogP contribution in [0.5, 0.6) is 5.75 Å². The minimum absolute atomic E-state index is 0. The summed E-state index contributed by atoms with van der Waals surface area (Å²) in [5, 5.41) is 17.0. The maximum Gasteiger partial charge on any atom is 0.261 e. The number of nitrogens with one attached hydrogen (secondary N) is 3. The van der Waals surface area contributed by atoms with E-state index in [1.54, 1.807) is 30.3 Å². The molecule has 2 aliphatic rings. The normalized spacial score (nSPS) is 14.0. The summed E-state index contributed by atoms with van der Waals surface area (Å²) in [5.74, 6) is 0.947. The second kappa shape index (κ2) is 17.1. The van der Waals surface area contributed by atoms with Gasteiger partial charge in [0, 0.05) is 60.7 Å². The van der Waals surface area contributed by atoms with Gasteiger partial charge in [0.25, 0.3) is 5.91 Å². The van der Waals surface area contributed by atoms with Crippen LogP contribution in [0.3, 0.4) is 0 Å². The van der Waals surface area contributed by atoms with Crippen molar-refractivity contribution in [1.82, 2.24) is 44.5 Å². The Bertz CT molecular complexity index is 1590. The van der Waals surface area contributed by atoms with Crippen LogP contribution in [-0.4, -0.2) is 57.1 Å². The molecule has 16 heteroatoms. The first kappa shape index (κ1) is 38.5. The fourth-order valence-electron chi connectivity index (χ4n) is 5.25. The number of hydrogen-bond acceptors (Lipinski definition) is 13.